The molecule has 0 atom stereocenters. The summed E-state index contributed by atoms with van der Waals surface area (Å²) in [7, 11) is 0. The number of fused-ring (bicyclic) bond motifs is 6. The number of furan rings is 1. The van der Waals surface area contributed by atoms with Crippen LogP contribution in [0.3, 0.4) is 0 Å². The van der Waals surface area contributed by atoms with Crippen LogP contribution in [0.2, 0.25) is 0 Å². The average Bonchev–Trinajstić information content (AvgIpc) is 3.58. The molecule has 2 heterocycles. The van der Waals surface area contributed by atoms with Crippen molar-refractivity contribution in [3.05, 3.63) is 193 Å². The van der Waals surface area contributed by atoms with Crippen molar-refractivity contribution in [1.29, 1.82) is 0 Å². The molecule has 0 radical (unpaired) electrons. The van der Waals surface area contributed by atoms with Gasteiger partial charge in [0.05, 0.1) is 22.7 Å². The van der Waals surface area contributed by atoms with Crippen LogP contribution in [-0.2, 0) is 5.41 Å². The van der Waals surface area contributed by atoms with E-state index in [9.17, 15) is 0 Å². The summed E-state index contributed by atoms with van der Waals surface area (Å²) in [6.07, 6.45) is 0. The zero-order valence-electron chi connectivity index (χ0n) is 29.1. The quantitative estimate of drug-likeness (QED) is 0.182. The predicted octanol–water partition coefficient (Wildman–Crippen LogP) is 14.0. The van der Waals surface area contributed by atoms with Crippen molar-refractivity contribution in [2.75, 3.05) is 9.80 Å². The third-order valence-electron chi connectivity index (χ3n) is 10.8. The highest BCUT2D eigenvalue weighted by atomic mass is 16.3. The highest BCUT2D eigenvalue weighted by molar-refractivity contribution is 6.11. The fraction of sp³-hybridized carbons (Fsp3) is 0.0612. The molecule has 8 aromatic carbocycles. The Morgan fingerprint density at radius 3 is 1.92 bits per heavy atom. The summed E-state index contributed by atoms with van der Waals surface area (Å²) in [6.45, 7) is 4.72. The van der Waals surface area contributed by atoms with E-state index in [-0.39, 0.29) is 5.41 Å². The fourth-order valence-corrected chi connectivity index (χ4v) is 8.33. The summed E-state index contributed by atoms with van der Waals surface area (Å²) in [5, 5.41) is 4.66. The van der Waals surface area contributed by atoms with Crippen LogP contribution in [0.5, 0.6) is 0 Å². The van der Waals surface area contributed by atoms with Crippen LogP contribution in [0.15, 0.2) is 186 Å². The number of hydrogen-bond donors (Lipinski definition) is 0. The summed E-state index contributed by atoms with van der Waals surface area (Å²) < 4.78 is 6.54. The largest absolute Gasteiger partial charge is 0.455 e. The van der Waals surface area contributed by atoms with Gasteiger partial charge in [0.2, 0.25) is 0 Å². The van der Waals surface area contributed by atoms with Crippen molar-refractivity contribution in [1.82, 2.24) is 0 Å². The Hall–Kier alpha value is -6.58. The van der Waals surface area contributed by atoms with Gasteiger partial charge in [-0.1, -0.05) is 141 Å². The SMILES string of the molecule is CC1(C)c2ccccc2N(c2c(N(c3ccccc3)c3ccccc3)ccc3ccccc23)c2ccc(-c3cccc4c3oc3ccccc34)cc21. The maximum absolute atomic E-state index is 6.54. The lowest BCUT2D eigenvalue weighted by molar-refractivity contribution is 0.632. The molecule has 1 aromatic heterocycles. The highest BCUT2D eigenvalue weighted by Crippen LogP contribution is 2.57. The molecule has 3 heteroatoms. The second-order valence-electron chi connectivity index (χ2n) is 14.2. The van der Waals surface area contributed by atoms with Crippen molar-refractivity contribution in [2.45, 2.75) is 19.3 Å². The molecule has 0 spiro atoms. The van der Waals surface area contributed by atoms with Crippen LogP contribution in [0.1, 0.15) is 25.0 Å². The Balaban J connectivity index is 1.26. The van der Waals surface area contributed by atoms with Crippen LogP contribution < -0.4 is 9.80 Å². The third-order valence-corrected chi connectivity index (χ3v) is 10.8. The molecule has 0 saturated carbocycles. The van der Waals surface area contributed by atoms with Crippen LogP contribution in [0.4, 0.5) is 34.1 Å². The van der Waals surface area contributed by atoms with Crippen molar-refractivity contribution in [2.24, 2.45) is 0 Å². The Morgan fingerprint density at radius 1 is 0.500 bits per heavy atom. The molecule has 0 aliphatic carbocycles. The van der Waals surface area contributed by atoms with Crippen LogP contribution in [0.25, 0.3) is 43.8 Å². The normalized spacial score (nSPS) is 13.3. The maximum Gasteiger partial charge on any atom is 0.143 e. The summed E-state index contributed by atoms with van der Waals surface area (Å²) in [6, 6.07) is 65.4. The van der Waals surface area contributed by atoms with Gasteiger partial charge >= 0.3 is 0 Å². The highest BCUT2D eigenvalue weighted by Gasteiger charge is 2.39. The van der Waals surface area contributed by atoms with E-state index in [2.05, 4.69) is 200 Å². The van der Waals surface area contributed by atoms with E-state index >= 15 is 0 Å². The number of nitrogens with zero attached hydrogens (tertiary/aromatic N) is 2. The number of benzene rings is 8. The van der Waals surface area contributed by atoms with E-state index in [0.29, 0.717) is 0 Å². The molecular formula is C49H36N2O. The monoisotopic (exact) mass is 668 g/mol. The van der Waals surface area contributed by atoms with Gasteiger partial charge in [0.1, 0.15) is 11.2 Å². The van der Waals surface area contributed by atoms with E-state index in [1.807, 2.05) is 6.07 Å². The van der Waals surface area contributed by atoms with E-state index in [1.165, 1.54) is 33.3 Å². The molecule has 0 amide bonds. The molecular weight excluding hydrogens is 633 g/mol. The second kappa shape index (κ2) is 11.8. The summed E-state index contributed by atoms with van der Waals surface area (Å²) in [5.74, 6) is 0. The molecule has 1 aliphatic rings. The van der Waals surface area contributed by atoms with Crippen LogP contribution in [0, 0.1) is 0 Å². The van der Waals surface area contributed by atoms with Gasteiger partial charge in [-0.05, 0) is 76.7 Å². The standard InChI is InChI=1S/C49H36N2O/c1-49(2)41-25-12-13-26-43(41)51(44-30-29-34(32-42(44)49)38-23-15-24-40-39-22-11-14-27-46(39)52-48(38)40)47-37-21-10-9-16-33(37)28-31-45(47)50(35-17-5-3-6-18-35)36-19-7-4-8-20-36/h3-32H,1-2H3. The zero-order chi connectivity index (χ0) is 34.8. The van der Waals surface area contributed by atoms with Crippen LogP contribution in [-0.4, -0.2) is 0 Å². The number of para-hydroxylation sites is 5. The van der Waals surface area contributed by atoms with Gasteiger partial charge < -0.3 is 14.2 Å². The number of hydrogen-bond acceptors (Lipinski definition) is 3. The number of anilines is 6. The second-order valence-corrected chi connectivity index (χ2v) is 14.2. The molecule has 0 fully saturated rings. The average molecular weight is 669 g/mol. The Labute approximate surface area is 303 Å². The molecule has 0 unspecified atom stereocenters. The molecule has 0 N–H and O–H groups in total. The van der Waals surface area contributed by atoms with E-state index in [4.69, 9.17) is 4.42 Å². The lowest BCUT2D eigenvalue weighted by atomic mass is 9.72. The Bertz CT molecular complexity index is 2740. The molecule has 3 nitrogen and oxygen atoms in total. The van der Waals surface area contributed by atoms with Gasteiger partial charge in [-0.3, -0.25) is 0 Å². The molecule has 1 aliphatic heterocycles. The van der Waals surface area contributed by atoms with E-state index in [0.717, 1.165) is 55.8 Å². The summed E-state index contributed by atoms with van der Waals surface area (Å²) in [4.78, 5) is 4.90. The lowest BCUT2D eigenvalue weighted by Gasteiger charge is -2.44. The van der Waals surface area contributed by atoms with Gasteiger partial charge in [0, 0.05) is 38.5 Å². The topological polar surface area (TPSA) is 19.6 Å². The molecule has 52 heavy (non-hydrogen) atoms. The lowest BCUT2D eigenvalue weighted by Crippen LogP contribution is -2.31. The minimum absolute atomic E-state index is 0.274. The Kier molecular flexibility index (Phi) is 6.84. The first-order valence-corrected chi connectivity index (χ1v) is 17.9. The molecule has 0 bridgehead atoms. The molecule has 248 valence electrons. The smallest absolute Gasteiger partial charge is 0.143 e. The first-order chi connectivity index (χ1) is 25.6. The molecule has 0 saturated heterocycles. The summed E-state index contributed by atoms with van der Waals surface area (Å²) in [5.41, 5.74) is 13.2. The molecule has 9 aromatic rings. The van der Waals surface area contributed by atoms with E-state index in [1.54, 1.807) is 0 Å². The first kappa shape index (κ1) is 30.3. The predicted molar refractivity (Wildman–Crippen MR) is 218 cm³/mol. The van der Waals surface area contributed by atoms with Gasteiger partial charge in [-0.25, -0.2) is 0 Å². The van der Waals surface area contributed by atoms with Gasteiger partial charge in [-0.2, -0.15) is 0 Å². The van der Waals surface area contributed by atoms with Crippen molar-refractivity contribution in [3.63, 3.8) is 0 Å². The minimum Gasteiger partial charge on any atom is -0.455 e. The third kappa shape index (κ3) is 4.59. The Morgan fingerprint density at radius 2 is 1.13 bits per heavy atom. The first-order valence-electron chi connectivity index (χ1n) is 17.9. The minimum atomic E-state index is -0.274. The van der Waals surface area contributed by atoms with Crippen molar-refractivity contribution >= 4 is 66.8 Å². The zero-order valence-corrected chi connectivity index (χ0v) is 29.1. The van der Waals surface area contributed by atoms with Crippen LogP contribution >= 0.6 is 0 Å². The fourth-order valence-electron chi connectivity index (χ4n) is 8.33. The van der Waals surface area contributed by atoms with Gasteiger partial charge in [-0.15, -0.1) is 0 Å². The molecule has 10 rings (SSSR count). The van der Waals surface area contributed by atoms with Crippen molar-refractivity contribution < 1.29 is 4.42 Å². The van der Waals surface area contributed by atoms with Crippen molar-refractivity contribution in [3.8, 4) is 11.1 Å². The number of rotatable bonds is 5. The summed E-state index contributed by atoms with van der Waals surface area (Å²) >= 11 is 0. The maximum atomic E-state index is 6.54. The van der Waals surface area contributed by atoms with Gasteiger partial charge in [0.25, 0.3) is 0 Å². The van der Waals surface area contributed by atoms with Gasteiger partial charge in [0.15, 0.2) is 0 Å². The van der Waals surface area contributed by atoms with E-state index < -0.39 is 0 Å².